The van der Waals surface area contributed by atoms with Gasteiger partial charge in [0.2, 0.25) is 0 Å². The highest BCUT2D eigenvalue weighted by atomic mass is 16.5. The average Bonchev–Trinajstić information content (AvgIpc) is 2.78. The molecule has 29 heavy (non-hydrogen) atoms. The molecule has 2 amide bonds. The second kappa shape index (κ2) is 9.73. The molecule has 0 spiro atoms. The van der Waals surface area contributed by atoms with E-state index in [2.05, 4.69) is 40.1 Å². The molecule has 2 aromatic rings. The van der Waals surface area contributed by atoms with Crippen molar-refractivity contribution in [2.24, 2.45) is 5.10 Å². The predicted octanol–water partition coefficient (Wildman–Crippen LogP) is 3.47. The van der Waals surface area contributed by atoms with Gasteiger partial charge in [0, 0.05) is 11.8 Å². The van der Waals surface area contributed by atoms with Gasteiger partial charge in [0.1, 0.15) is 11.5 Å². The van der Waals surface area contributed by atoms with Crippen molar-refractivity contribution in [1.29, 1.82) is 0 Å². The maximum Gasteiger partial charge on any atom is 0.329 e. The van der Waals surface area contributed by atoms with Crippen LogP contribution in [0, 0.1) is 0 Å². The molecular weight excluding hydrogens is 370 g/mol. The molecule has 0 atom stereocenters. The fourth-order valence-electron chi connectivity index (χ4n) is 3.39. The first kappa shape index (κ1) is 20.4. The van der Waals surface area contributed by atoms with Crippen molar-refractivity contribution < 1.29 is 19.1 Å². The molecule has 7 nitrogen and oxygen atoms in total. The molecule has 0 heterocycles. The van der Waals surface area contributed by atoms with Gasteiger partial charge >= 0.3 is 11.8 Å². The van der Waals surface area contributed by atoms with Gasteiger partial charge in [-0.1, -0.05) is 30.3 Å². The van der Waals surface area contributed by atoms with Crippen molar-refractivity contribution in [2.75, 3.05) is 19.5 Å². The smallest absolute Gasteiger partial charge is 0.329 e. The van der Waals surface area contributed by atoms with Crippen LogP contribution in [-0.4, -0.2) is 31.7 Å². The standard InChI is InChI=1S/C22H25N3O4/c1-28-18-12-13-20(29-2)19(14-18)23-21(26)22(27)25-24-17-10-8-16(9-11-17)15-6-4-3-5-7-15/h3-7,12-14,16H,8-11H2,1-2H3,(H,23,26)(H,25,27). The molecule has 0 bridgehead atoms. The number of amides is 2. The number of nitrogens with one attached hydrogen (secondary N) is 2. The van der Waals surface area contributed by atoms with Crippen LogP contribution in [0.1, 0.15) is 37.2 Å². The number of hydrogen-bond donors (Lipinski definition) is 2. The van der Waals surface area contributed by atoms with Gasteiger partial charge in [-0.05, 0) is 49.3 Å². The van der Waals surface area contributed by atoms with Gasteiger partial charge < -0.3 is 14.8 Å². The average molecular weight is 395 g/mol. The highest BCUT2D eigenvalue weighted by molar-refractivity contribution is 6.39. The number of methoxy groups -OCH3 is 2. The van der Waals surface area contributed by atoms with Gasteiger partial charge in [-0.15, -0.1) is 0 Å². The number of carbonyl (C=O) groups is 2. The van der Waals surface area contributed by atoms with Crippen LogP contribution in [0.5, 0.6) is 11.5 Å². The van der Waals surface area contributed by atoms with Crippen molar-refractivity contribution in [3.63, 3.8) is 0 Å². The third-order valence-electron chi connectivity index (χ3n) is 5.01. The Kier molecular flexibility index (Phi) is 6.84. The predicted molar refractivity (Wildman–Crippen MR) is 111 cm³/mol. The van der Waals surface area contributed by atoms with Gasteiger partial charge in [-0.2, -0.15) is 5.10 Å². The topological polar surface area (TPSA) is 89.0 Å². The summed E-state index contributed by atoms with van der Waals surface area (Å²) >= 11 is 0. The molecule has 1 saturated carbocycles. The summed E-state index contributed by atoms with van der Waals surface area (Å²) in [5.41, 5.74) is 4.94. The Balaban J connectivity index is 1.54. The second-order valence-corrected chi connectivity index (χ2v) is 6.82. The van der Waals surface area contributed by atoms with E-state index in [1.807, 2.05) is 6.07 Å². The van der Waals surface area contributed by atoms with Crippen LogP contribution < -0.4 is 20.2 Å². The van der Waals surface area contributed by atoms with Crippen molar-refractivity contribution in [2.45, 2.75) is 31.6 Å². The van der Waals surface area contributed by atoms with Crippen molar-refractivity contribution in [3.05, 3.63) is 54.1 Å². The highest BCUT2D eigenvalue weighted by Gasteiger charge is 2.20. The number of hydrogen-bond acceptors (Lipinski definition) is 5. The Bertz CT molecular complexity index is 886. The van der Waals surface area contributed by atoms with Gasteiger partial charge in [-0.3, -0.25) is 9.59 Å². The molecule has 0 aromatic heterocycles. The van der Waals surface area contributed by atoms with E-state index in [9.17, 15) is 9.59 Å². The van der Waals surface area contributed by atoms with Crippen LogP contribution in [0.3, 0.4) is 0 Å². The highest BCUT2D eigenvalue weighted by Crippen LogP contribution is 2.31. The number of nitrogens with zero attached hydrogens (tertiary/aromatic N) is 1. The summed E-state index contributed by atoms with van der Waals surface area (Å²) in [7, 11) is 3.00. The summed E-state index contributed by atoms with van der Waals surface area (Å²) in [4.78, 5) is 24.3. The zero-order valence-corrected chi connectivity index (χ0v) is 16.6. The molecule has 7 heteroatoms. The lowest BCUT2D eigenvalue weighted by atomic mass is 9.83. The molecule has 152 valence electrons. The Labute approximate surface area is 170 Å². The lowest BCUT2D eigenvalue weighted by Gasteiger charge is -2.23. The summed E-state index contributed by atoms with van der Waals surface area (Å²) in [6.07, 6.45) is 3.55. The number of hydrazone groups is 1. The first-order valence-electron chi connectivity index (χ1n) is 9.54. The van der Waals surface area contributed by atoms with Crippen LogP contribution in [0.15, 0.2) is 53.6 Å². The van der Waals surface area contributed by atoms with E-state index < -0.39 is 11.8 Å². The van der Waals surface area contributed by atoms with Gasteiger partial charge in [0.15, 0.2) is 0 Å². The summed E-state index contributed by atoms with van der Waals surface area (Å²) in [6.45, 7) is 0. The molecule has 0 unspecified atom stereocenters. The molecule has 0 aliphatic heterocycles. The Morgan fingerprint density at radius 2 is 1.69 bits per heavy atom. The van der Waals surface area contributed by atoms with Crippen LogP contribution >= 0.6 is 0 Å². The Morgan fingerprint density at radius 3 is 2.34 bits per heavy atom. The van der Waals surface area contributed by atoms with E-state index in [0.717, 1.165) is 31.4 Å². The van der Waals surface area contributed by atoms with E-state index >= 15 is 0 Å². The van der Waals surface area contributed by atoms with E-state index in [-0.39, 0.29) is 0 Å². The zero-order valence-electron chi connectivity index (χ0n) is 16.6. The maximum atomic E-state index is 12.2. The molecule has 2 N–H and O–H groups in total. The second-order valence-electron chi connectivity index (χ2n) is 6.82. The van der Waals surface area contributed by atoms with Crippen molar-refractivity contribution in [1.82, 2.24) is 5.43 Å². The minimum atomic E-state index is -0.826. The normalized spacial score (nSPS) is 15.9. The van der Waals surface area contributed by atoms with E-state index in [1.165, 1.54) is 19.8 Å². The zero-order chi connectivity index (χ0) is 20.6. The van der Waals surface area contributed by atoms with E-state index in [0.29, 0.717) is 23.1 Å². The van der Waals surface area contributed by atoms with Crippen molar-refractivity contribution in [3.8, 4) is 11.5 Å². The fourth-order valence-corrected chi connectivity index (χ4v) is 3.39. The van der Waals surface area contributed by atoms with Crippen LogP contribution in [-0.2, 0) is 9.59 Å². The van der Waals surface area contributed by atoms with Crippen LogP contribution in [0.4, 0.5) is 5.69 Å². The lowest BCUT2D eigenvalue weighted by molar-refractivity contribution is -0.136. The fraction of sp³-hybridized carbons (Fsp3) is 0.318. The summed E-state index contributed by atoms with van der Waals surface area (Å²) < 4.78 is 10.3. The number of ether oxygens (including phenoxy) is 2. The van der Waals surface area contributed by atoms with E-state index in [1.54, 1.807) is 18.2 Å². The molecule has 0 saturated heterocycles. The number of anilines is 1. The quantitative estimate of drug-likeness (QED) is 0.599. The van der Waals surface area contributed by atoms with E-state index in [4.69, 9.17) is 9.47 Å². The summed E-state index contributed by atoms with van der Waals surface area (Å²) in [5, 5.41) is 6.68. The third kappa shape index (κ3) is 5.34. The number of rotatable bonds is 5. The molecule has 1 aliphatic carbocycles. The molecule has 3 rings (SSSR count). The number of carbonyl (C=O) groups excluding carboxylic acids is 2. The Morgan fingerprint density at radius 1 is 0.966 bits per heavy atom. The summed E-state index contributed by atoms with van der Waals surface area (Å²) in [5.74, 6) is -0.171. The summed E-state index contributed by atoms with van der Waals surface area (Å²) in [6, 6.07) is 15.3. The minimum Gasteiger partial charge on any atom is -0.497 e. The molecule has 1 fully saturated rings. The molecule has 2 aromatic carbocycles. The van der Waals surface area contributed by atoms with Gasteiger partial charge in [-0.25, -0.2) is 5.43 Å². The lowest BCUT2D eigenvalue weighted by Crippen LogP contribution is -2.33. The largest absolute Gasteiger partial charge is 0.497 e. The minimum absolute atomic E-state index is 0.350. The number of benzene rings is 2. The Hall–Kier alpha value is -3.35. The first-order valence-corrected chi connectivity index (χ1v) is 9.54. The van der Waals surface area contributed by atoms with Crippen LogP contribution in [0.25, 0.3) is 0 Å². The first-order chi connectivity index (χ1) is 14.1. The third-order valence-corrected chi connectivity index (χ3v) is 5.01. The van der Waals surface area contributed by atoms with Crippen LogP contribution in [0.2, 0.25) is 0 Å². The van der Waals surface area contributed by atoms with Gasteiger partial charge in [0.05, 0.1) is 19.9 Å². The van der Waals surface area contributed by atoms with Gasteiger partial charge in [0.25, 0.3) is 0 Å². The SMILES string of the molecule is COc1ccc(OC)c(NC(=O)C(=O)NN=C2CCC(c3ccccc3)CC2)c1. The molecule has 0 radical (unpaired) electrons. The maximum absolute atomic E-state index is 12.2. The molecular formula is C22H25N3O4. The monoisotopic (exact) mass is 395 g/mol. The molecule has 1 aliphatic rings. The van der Waals surface area contributed by atoms with Crippen molar-refractivity contribution >= 4 is 23.2 Å².